The zero-order chi connectivity index (χ0) is 40.2. The Morgan fingerprint density at radius 3 is 1.48 bits per heavy atom. The van der Waals surface area contributed by atoms with E-state index in [0.29, 0.717) is 35.2 Å². The maximum Gasteiger partial charge on any atom is 1.00 e. The van der Waals surface area contributed by atoms with E-state index in [0.717, 1.165) is 127 Å². The summed E-state index contributed by atoms with van der Waals surface area (Å²) in [5.41, 5.74) is 4.60. The first-order valence-corrected chi connectivity index (χ1v) is 21.6. The van der Waals surface area contributed by atoms with Gasteiger partial charge in [0.05, 0.1) is 30.4 Å². The number of carbonyl (C=O) groups is 2. The quantitative estimate of drug-likeness (QED) is 0.0904. The van der Waals surface area contributed by atoms with Gasteiger partial charge in [-0.25, -0.2) is 4.79 Å². The number of ether oxygens (including phenoxy) is 2. The summed E-state index contributed by atoms with van der Waals surface area (Å²) in [5, 5.41) is 61.5. The van der Waals surface area contributed by atoms with Gasteiger partial charge in [-0.15, -0.1) is 0 Å². The molecule has 6 rings (SSSR count). The molecule has 2 aromatic carbocycles. The summed E-state index contributed by atoms with van der Waals surface area (Å²) < 4.78 is 10.9. The molecule has 0 radical (unpaired) electrons. The first-order valence-electron chi connectivity index (χ1n) is 21.6. The molecular formula is C47H72K2O11. The van der Waals surface area contributed by atoms with E-state index in [-0.39, 0.29) is 159 Å². The van der Waals surface area contributed by atoms with Gasteiger partial charge in [0.15, 0.2) is 6.61 Å². The third-order valence-electron chi connectivity index (χ3n) is 13.3. The number of aliphatic hydroxyl groups is 4. The normalized spacial score (nSPS) is 25.3. The van der Waals surface area contributed by atoms with Gasteiger partial charge >= 0.3 is 109 Å². The number of aliphatic hydroxyl groups excluding tert-OH is 4. The predicted octanol–water partition coefficient (Wildman–Crippen LogP) is 0.299. The molecule has 0 aliphatic heterocycles. The number of hydrogen-bond donors (Lipinski definition) is 5. The summed E-state index contributed by atoms with van der Waals surface area (Å²) in [6.45, 7) is 3.56. The second-order valence-electron chi connectivity index (χ2n) is 17.2. The summed E-state index contributed by atoms with van der Waals surface area (Å²) >= 11 is 0. The van der Waals surface area contributed by atoms with Crippen LogP contribution in [0.15, 0.2) is 36.4 Å². The third kappa shape index (κ3) is 16.8. The van der Waals surface area contributed by atoms with Gasteiger partial charge in [-0.1, -0.05) is 84.1 Å². The smallest absolute Gasteiger partial charge is 0.870 e. The predicted molar refractivity (Wildman–Crippen MR) is 221 cm³/mol. The fourth-order valence-electron chi connectivity index (χ4n) is 10.5. The Balaban J connectivity index is 0.000000562. The van der Waals surface area contributed by atoms with E-state index in [1.54, 1.807) is 0 Å². The van der Waals surface area contributed by atoms with E-state index in [1.165, 1.54) is 11.1 Å². The molecule has 60 heavy (non-hydrogen) atoms. The van der Waals surface area contributed by atoms with Crippen LogP contribution in [0.1, 0.15) is 133 Å². The Bertz CT molecular complexity index is 1450. The number of carboxylic acids is 2. The van der Waals surface area contributed by atoms with Gasteiger partial charge in [0.1, 0.15) is 18.1 Å². The molecule has 11 nitrogen and oxygen atoms in total. The number of benzene rings is 2. The minimum atomic E-state index is -1.22. The first-order chi connectivity index (χ1) is 27.0. The molecule has 13 heteroatoms. The van der Waals surface area contributed by atoms with Crippen LogP contribution in [0, 0.1) is 35.5 Å². The average Bonchev–Trinajstić information content (AvgIpc) is 3.65. The van der Waals surface area contributed by atoms with Crippen LogP contribution in [-0.2, 0) is 35.3 Å². The van der Waals surface area contributed by atoms with Crippen molar-refractivity contribution in [2.75, 3.05) is 13.2 Å². The van der Waals surface area contributed by atoms with E-state index in [2.05, 4.69) is 26.0 Å². The van der Waals surface area contributed by atoms with Gasteiger partial charge in [0, 0.05) is 0 Å². The molecule has 0 unspecified atom stereocenters. The van der Waals surface area contributed by atoms with Crippen molar-refractivity contribution in [2.24, 2.45) is 35.5 Å². The van der Waals surface area contributed by atoms with Crippen molar-refractivity contribution in [3.8, 4) is 11.5 Å². The molecule has 0 aromatic heterocycles. The molecule has 0 amide bonds. The number of rotatable bonds is 20. The molecule has 2 aromatic rings. The maximum absolute atomic E-state index is 10.8. The van der Waals surface area contributed by atoms with Crippen LogP contribution < -0.4 is 117 Å². The maximum atomic E-state index is 10.8. The molecule has 0 heterocycles. The number of unbranched alkanes of at least 4 members (excludes halogenated alkanes) is 4. The van der Waals surface area contributed by atoms with Gasteiger partial charge in [0.2, 0.25) is 0 Å². The number of hydrogen-bond acceptors (Lipinski definition) is 10. The van der Waals surface area contributed by atoms with Gasteiger partial charge < -0.3 is 50.4 Å². The molecule has 10 atom stereocenters. The SMILES string of the molecule is C.CCCCC[C@H](O)CC[C@@H]1[C@H]2Cc3cccc(OCC(=O)O)c3C[C@H]2C[C@H]1O.CCCCC[C@H](O)CC[C@@H]1[C@H]2Cc3cccc(OCC(=O)[O-])c3C[C@H]2C[C@H]1O.[K+].[K+].[OH-]. The van der Waals surface area contributed by atoms with E-state index in [1.807, 2.05) is 24.3 Å². The van der Waals surface area contributed by atoms with E-state index in [4.69, 9.17) is 14.6 Å². The Labute approximate surface area is 444 Å². The molecule has 2 saturated carbocycles. The van der Waals surface area contributed by atoms with Gasteiger partial charge in [-0.2, -0.15) is 0 Å². The monoisotopic (exact) mass is 890 g/mol. The molecule has 2 fully saturated rings. The van der Waals surface area contributed by atoms with Crippen molar-refractivity contribution in [3.63, 3.8) is 0 Å². The minimum absolute atomic E-state index is 0. The molecule has 4 aliphatic carbocycles. The standard InChI is InChI=1S/2C23H34O5.CH4.2K.H2O/c2*1-2-3-4-7-17(24)9-10-18-19-11-15-6-5-8-22(28-14-23(26)27)20(15)12-16(19)13-21(18)25;;;;/h2*5-6,8,16-19,21,24-25H,2-4,7,9-14H2,1H3,(H,26,27);1H4;;;1H2/q;;;2*+1;/p-2/t2*16-,17-,18+,19-,21+;;;;/m00..../s1. The fraction of sp³-hybridized carbons (Fsp3) is 0.702. The molecule has 4 aliphatic rings. The van der Waals surface area contributed by atoms with Crippen LogP contribution in [0.2, 0.25) is 0 Å². The summed E-state index contributed by atoms with van der Waals surface area (Å²) in [7, 11) is 0. The molecular weight excluding hydrogens is 819 g/mol. The van der Waals surface area contributed by atoms with Crippen molar-refractivity contribution in [2.45, 2.75) is 161 Å². The first kappa shape index (κ1) is 58.1. The molecule has 6 N–H and O–H groups in total. The van der Waals surface area contributed by atoms with Crippen LogP contribution in [0.5, 0.6) is 11.5 Å². The minimum Gasteiger partial charge on any atom is -0.870 e. The average molecular weight is 891 g/mol. The Kier molecular flexibility index (Phi) is 28.6. The van der Waals surface area contributed by atoms with Crippen molar-refractivity contribution in [1.82, 2.24) is 0 Å². The van der Waals surface area contributed by atoms with E-state index >= 15 is 0 Å². The Morgan fingerprint density at radius 2 is 1.10 bits per heavy atom. The molecule has 0 saturated heterocycles. The van der Waals surface area contributed by atoms with Crippen LogP contribution in [0.3, 0.4) is 0 Å². The Morgan fingerprint density at radius 1 is 0.683 bits per heavy atom. The number of carbonyl (C=O) groups excluding carboxylic acids is 1. The molecule has 0 spiro atoms. The van der Waals surface area contributed by atoms with Crippen molar-refractivity contribution in [3.05, 3.63) is 58.7 Å². The zero-order valence-corrected chi connectivity index (χ0v) is 42.4. The van der Waals surface area contributed by atoms with Crippen molar-refractivity contribution >= 4 is 11.9 Å². The number of aliphatic carboxylic acids is 2. The summed E-state index contributed by atoms with van der Waals surface area (Å²) in [4.78, 5) is 21.6. The largest absolute Gasteiger partial charge is 1.00 e. The van der Waals surface area contributed by atoms with Crippen LogP contribution >= 0.6 is 0 Å². The molecule has 0 bridgehead atoms. The fourth-order valence-corrected chi connectivity index (χ4v) is 10.5. The van der Waals surface area contributed by atoms with Crippen molar-refractivity contribution in [1.29, 1.82) is 0 Å². The summed E-state index contributed by atoms with van der Waals surface area (Å²) in [6.07, 6.45) is 15.6. The van der Waals surface area contributed by atoms with Crippen LogP contribution in [0.25, 0.3) is 0 Å². The second-order valence-corrected chi connectivity index (χ2v) is 17.2. The molecule has 328 valence electrons. The summed E-state index contributed by atoms with van der Waals surface area (Å²) in [6, 6.07) is 11.7. The van der Waals surface area contributed by atoms with Crippen molar-refractivity contribution < 1.29 is 158 Å². The Hall–Kier alpha value is 0.0527. The zero-order valence-electron chi connectivity index (χ0n) is 36.1. The number of carboxylic acid groups (broad SMARTS) is 2. The third-order valence-corrected chi connectivity index (χ3v) is 13.3. The van der Waals surface area contributed by atoms with Gasteiger partial charge in [0.25, 0.3) is 0 Å². The second kappa shape index (κ2) is 29.6. The van der Waals surface area contributed by atoms with Gasteiger partial charge in [-0.05, 0) is 147 Å². The summed E-state index contributed by atoms with van der Waals surface area (Å²) in [5.74, 6) is 1.21. The number of fused-ring (bicyclic) bond motifs is 4. The van der Waals surface area contributed by atoms with E-state index < -0.39 is 18.5 Å². The van der Waals surface area contributed by atoms with Crippen LogP contribution in [-0.4, -0.2) is 80.6 Å². The topological polar surface area (TPSA) is 207 Å². The van der Waals surface area contributed by atoms with Crippen LogP contribution in [0.4, 0.5) is 0 Å². The van der Waals surface area contributed by atoms with Gasteiger partial charge in [-0.3, -0.25) is 0 Å². The van der Waals surface area contributed by atoms with E-state index in [9.17, 15) is 35.1 Å².